The molecule has 4 nitrogen and oxygen atoms in total. The molecule has 0 heterocycles. The van der Waals surface area contributed by atoms with E-state index in [2.05, 4.69) is 10.6 Å². The van der Waals surface area contributed by atoms with Gasteiger partial charge < -0.3 is 15.4 Å². The summed E-state index contributed by atoms with van der Waals surface area (Å²) in [5.41, 5.74) is 0.593. The Morgan fingerprint density at radius 1 is 1.56 bits per heavy atom. The number of rotatable bonds is 6. The lowest BCUT2D eigenvalue weighted by Gasteiger charge is -2.15. The highest BCUT2D eigenvalue weighted by molar-refractivity contribution is 6.31. The average Bonchev–Trinajstić information content (AvgIpc) is 2.34. The van der Waals surface area contributed by atoms with Crippen LogP contribution in [0.4, 0.5) is 10.1 Å². The Morgan fingerprint density at radius 2 is 2.28 bits per heavy atom. The molecule has 1 aromatic carbocycles. The Balaban J connectivity index is 2.50. The third-order valence-electron chi connectivity index (χ3n) is 2.30. The number of hydrogen-bond acceptors (Lipinski definition) is 3. The third kappa shape index (κ3) is 4.50. The van der Waals surface area contributed by atoms with Crippen LogP contribution in [-0.4, -0.2) is 32.2 Å². The number of nitrogens with one attached hydrogen (secondary N) is 2. The molecule has 1 aromatic rings. The van der Waals surface area contributed by atoms with Gasteiger partial charge in [-0.15, -0.1) is 0 Å². The lowest BCUT2D eigenvalue weighted by molar-refractivity contribution is -0.121. The first-order chi connectivity index (χ1) is 8.54. The normalized spacial score (nSPS) is 12.0. The molecular weight excluding hydrogens is 259 g/mol. The van der Waals surface area contributed by atoms with Crippen LogP contribution < -0.4 is 10.6 Å². The molecule has 1 amide bonds. The smallest absolute Gasteiger partial charge is 0.242 e. The summed E-state index contributed by atoms with van der Waals surface area (Å²) >= 11 is 5.65. The van der Waals surface area contributed by atoms with Gasteiger partial charge in [-0.05, 0) is 25.1 Å². The van der Waals surface area contributed by atoms with E-state index in [1.54, 1.807) is 14.0 Å². The molecule has 18 heavy (non-hydrogen) atoms. The largest absolute Gasteiger partial charge is 0.383 e. The number of anilines is 1. The van der Waals surface area contributed by atoms with E-state index in [-0.39, 0.29) is 10.9 Å². The molecule has 0 bridgehead atoms. The number of amides is 1. The van der Waals surface area contributed by atoms with Crippen LogP contribution in [0.15, 0.2) is 18.2 Å². The van der Waals surface area contributed by atoms with Crippen LogP contribution in [-0.2, 0) is 9.53 Å². The second kappa shape index (κ2) is 7.18. The number of halogens is 2. The van der Waals surface area contributed by atoms with Crippen molar-refractivity contribution in [1.29, 1.82) is 0 Å². The fourth-order valence-electron chi connectivity index (χ4n) is 1.33. The summed E-state index contributed by atoms with van der Waals surface area (Å²) in [6.07, 6.45) is 0. The van der Waals surface area contributed by atoms with E-state index >= 15 is 0 Å². The Hall–Kier alpha value is -1.33. The van der Waals surface area contributed by atoms with Crippen molar-refractivity contribution in [2.24, 2.45) is 0 Å². The van der Waals surface area contributed by atoms with E-state index < -0.39 is 11.9 Å². The molecule has 0 radical (unpaired) electrons. The van der Waals surface area contributed by atoms with E-state index in [1.807, 2.05) is 0 Å². The van der Waals surface area contributed by atoms with Gasteiger partial charge in [0, 0.05) is 19.3 Å². The van der Waals surface area contributed by atoms with Crippen molar-refractivity contribution in [3.8, 4) is 0 Å². The zero-order valence-corrected chi connectivity index (χ0v) is 11.1. The zero-order chi connectivity index (χ0) is 13.5. The van der Waals surface area contributed by atoms with Crippen molar-refractivity contribution in [2.45, 2.75) is 13.0 Å². The topological polar surface area (TPSA) is 50.4 Å². The van der Waals surface area contributed by atoms with Gasteiger partial charge in [0.25, 0.3) is 0 Å². The summed E-state index contributed by atoms with van der Waals surface area (Å²) in [5, 5.41) is 5.65. The van der Waals surface area contributed by atoms with E-state index in [9.17, 15) is 9.18 Å². The van der Waals surface area contributed by atoms with E-state index in [4.69, 9.17) is 16.3 Å². The molecule has 100 valence electrons. The molecular formula is C12H16ClFN2O2. The Labute approximate surface area is 110 Å². The standard InChI is InChI=1S/C12H16ClFN2O2/c1-8(12(17)15-5-6-18-2)16-9-3-4-11(14)10(13)7-9/h3-4,7-8,16H,5-6H2,1-2H3,(H,15,17). The van der Waals surface area contributed by atoms with Crippen LogP contribution in [0.2, 0.25) is 5.02 Å². The predicted molar refractivity (Wildman–Crippen MR) is 69.4 cm³/mol. The van der Waals surface area contributed by atoms with Gasteiger partial charge in [-0.3, -0.25) is 4.79 Å². The molecule has 0 aliphatic carbocycles. The molecule has 0 saturated carbocycles. The first kappa shape index (κ1) is 14.7. The Kier molecular flexibility index (Phi) is 5.88. The molecule has 1 rings (SSSR count). The highest BCUT2D eigenvalue weighted by Gasteiger charge is 2.12. The summed E-state index contributed by atoms with van der Waals surface area (Å²) in [4.78, 5) is 11.6. The zero-order valence-electron chi connectivity index (χ0n) is 10.3. The maximum atomic E-state index is 12.9. The molecule has 0 aliphatic rings. The quantitative estimate of drug-likeness (QED) is 0.781. The van der Waals surface area contributed by atoms with Gasteiger partial charge in [0.05, 0.1) is 11.6 Å². The van der Waals surface area contributed by atoms with Crippen LogP contribution in [0.25, 0.3) is 0 Å². The summed E-state index contributed by atoms with van der Waals surface area (Å²) < 4.78 is 17.8. The maximum absolute atomic E-state index is 12.9. The van der Waals surface area contributed by atoms with Crippen molar-refractivity contribution in [3.05, 3.63) is 29.0 Å². The second-order valence-electron chi connectivity index (χ2n) is 3.78. The van der Waals surface area contributed by atoms with Gasteiger partial charge in [-0.25, -0.2) is 4.39 Å². The van der Waals surface area contributed by atoms with Gasteiger partial charge in [-0.1, -0.05) is 11.6 Å². The van der Waals surface area contributed by atoms with Gasteiger partial charge in [0.1, 0.15) is 11.9 Å². The molecule has 1 atom stereocenters. The molecule has 2 N–H and O–H groups in total. The van der Waals surface area contributed by atoms with E-state index in [0.29, 0.717) is 18.8 Å². The number of carbonyl (C=O) groups is 1. The van der Waals surface area contributed by atoms with Gasteiger partial charge in [0.15, 0.2) is 0 Å². The van der Waals surface area contributed by atoms with E-state index in [0.717, 1.165) is 0 Å². The molecule has 0 aliphatic heterocycles. The monoisotopic (exact) mass is 274 g/mol. The Morgan fingerprint density at radius 3 is 2.89 bits per heavy atom. The first-order valence-corrected chi connectivity index (χ1v) is 5.90. The van der Waals surface area contributed by atoms with Crippen molar-refractivity contribution in [2.75, 3.05) is 25.6 Å². The minimum atomic E-state index is -0.487. The number of benzene rings is 1. The SMILES string of the molecule is COCCNC(=O)C(C)Nc1ccc(F)c(Cl)c1. The minimum Gasteiger partial charge on any atom is -0.383 e. The summed E-state index contributed by atoms with van der Waals surface area (Å²) in [5.74, 6) is -0.646. The molecule has 6 heteroatoms. The van der Waals surface area contributed by atoms with Gasteiger partial charge in [0.2, 0.25) is 5.91 Å². The van der Waals surface area contributed by atoms with Crippen molar-refractivity contribution in [1.82, 2.24) is 5.32 Å². The van der Waals surface area contributed by atoms with Crippen molar-refractivity contribution >= 4 is 23.2 Å². The second-order valence-corrected chi connectivity index (χ2v) is 4.19. The number of carbonyl (C=O) groups excluding carboxylic acids is 1. The van der Waals surface area contributed by atoms with Crippen LogP contribution >= 0.6 is 11.6 Å². The Bertz CT molecular complexity index is 415. The fraction of sp³-hybridized carbons (Fsp3) is 0.417. The van der Waals surface area contributed by atoms with Gasteiger partial charge in [-0.2, -0.15) is 0 Å². The first-order valence-electron chi connectivity index (χ1n) is 5.53. The fourth-order valence-corrected chi connectivity index (χ4v) is 1.51. The highest BCUT2D eigenvalue weighted by Crippen LogP contribution is 2.19. The molecule has 0 spiro atoms. The summed E-state index contributed by atoms with van der Waals surface area (Å²) in [7, 11) is 1.56. The lowest BCUT2D eigenvalue weighted by Crippen LogP contribution is -2.39. The lowest BCUT2D eigenvalue weighted by atomic mass is 10.2. The third-order valence-corrected chi connectivity index (χ3v) is 2.59. The van der Waals surface area contributed by atoms with Crippen LogP contribution in [0.1, 0.15) is 6.92 Å². The molecule has 0 aromatic heterocycles. The van der Waals surface area contributed by atoms with Crippen molar-refractivity contribution in [3.63, 3.8) is 0 Å². The van der Waals surface area contributed by atoms with Crippen molar-refractivity contribution < 1.29 is 13.9 Å². The maximum Gasteiger partial charge on any atom is 0.242 e. The average molecular weight is 275 g/mol. The summed E-state index contributed by atoms with van der Waals surface area (Å²) in [6, 6.07) is 3.78. The number of methoxy groups -OCH3 is 1. The van der Waals surface area contributed by atoms with Crippen LogP contribution in [0.3, 0.4) is 0 Å². The highest BCUT2D eigenvalue weighted by atomic mass is 35.5. The summed E-state index contributed by atoms with van der Waals surface area (Å²) in [6.45, 7) is 2.62. The number of hydrogen-bond donors (Lipinski definition) is 2. The predicted octanol–water partition coefficient (Wildman–Crippen LogP) is 2.04. The van der Waals surface area contributed by atoms with E-state index in [1.165, 1.54) is 18.2 Å². The molecule has 0 fully saturated rings. The minimum absolute atomic E-state index is 0.0204. The molecule has 0 saturated heterocycles. The molecule has 1 unspecified atom stereocenters. The van der Waals surface area contributed by atoms with Gasteiger partial charge >= 0.3 is 0 Å². The van der Waals surface area contributed by atoms with Crippen LogP contribution in [0, 0.1) is 5.82 Å². The number of ether oxygens (including phenoxy) is 1. The van der Waals surface area contributed by atoms with Crippen LogP contribution in [0.5, 0.6) is 0 Å².